The molecule has 0 bridgehead atoms. The molecular weight excluding hydrogens is 240 g/mol. The smallest absolute Gasteiger partial charge is 0.257 e. The molecule has 19 heavy (non-hydrogen) atoms. The normalized spacial score (nSPS) is 10.0. The van der Waals surface area contributed by atoms with Gasteiger partial charge in [-0.2, -0.15) is 0 Å². The quantitative estimate of drug-likeness (QED) is 0.830. The number of methoxy groups -OCH3 is 1. The molecule has 1 amide bonds. The lowest BCUT2D eigenvalue weighted by atomic mass is 10.1. The van der Waals surface area contributed by atoms with Crippen molar-refractivity contribution < 1.29 is 9.53 Å². The number of carbonyl (C=O) groups is 1. The van der Waals surface area contributed by atoms with Gasteiger partial charge in [0.25, 0.3) is 5.91 Å². The fourth-order valence-electron chi connectivity index (χ4n) is 1.86. The molecule has 3 N–H and O–H groups in total. The summed E-state index contributed by atoms with van der Waals surface area (Å²) in [4.78, 5) is 12.1. The molecule has 2 rings (SSSR count). The van der Waals surface area contributed by atoms with Gasteiger partial charge < -0.3 is 15.8 Å². The zero-order valence-corrected chi connectivity index (χ0v) is 10.9. The molecule has 98 valence electrons. The molecule has 0 aliphatic rings. The SMILES string of the molecule is COc1ccc(NC(=O)c2ccccc2N)cc1C. The summed E-state index contributed by atoms with van der Waals surface area (Å²) in [6, 6.07) is 12.4. The van der Waals surface area contributed by atoms with E-state index in [-0.39, 0.29) is 5.91 Å². The van der Waals surface area contributed by atoms with Gasteiger partial charge in [0.1, 0.15) is 5.75 Å². The van der Waals surface area contributed by atoms with Crippen LogP contribution in [0.4, 0.5) is 11.4 Å². The highest BCUT2D eigenvalue weighted by atomic mass is 16.5. The molecule has 0 saturated carbocycles. The van der Waals surface area contributed by atoms with Crippen LogP contribution in [-0.2, 0) is 0 Å². The molecule has 0 radical (unpaired) electrons. The van der Waals surface area contributed by atoms with Gasteiger partial charge >= 0.3 is 0 Å². The number of hydrogen-bond acceptors (Lipinski definition) is 3. The second-order valence-electron chi connectivity index (χ2n) is 4.23. The van der Waals surface area contributed by atoms with E-state index in [1.54, 1.807) is 37.4 Å². The summed E-state index contributed by atoms with van der Waals surface area (Å²) in [6.45, 7) is 1.92. The highest BCUT2D eigenvalue weighted by molar-refractivity contribution is 6.07. The van der Waals surface area contributed by atoms with Crippen molar-refractivity contribution in [3.63, 3.8) is 0 Å². The Kier molecular flexibility index (Phi) is 3.71. The predicted molar refractivity (Wildman–Crippen MR) is 76.5 cm³/mol. The summed E-state index contributed by atoms with van der Waals surface area (Å²) in [7, 11) is 1.62. The minimum atomic E-state index is -0.220. The van der Waals surface area contributed by atoms with E-state index in [1.807, 2.05) is 19.1 Å². The first kappa shape index (κ1) is 13.0. The van der Waals surface area contributed by atoms with Crippen molar-refractivity contribution in [2.45, 2.75) is 6.92 Å². The third-order valence-corrected chi connectivity index (χ3v) is 2.86. The van der Waals surface area contributed by atoms with E-state index in [4.69, 9.17) is 10.5 Å². The van der Waals surface area contributed by atoms with Crippen molar-refractivity contribution in [2.24, 2.45) is 0 Å². The number of aryl methyl sites for hydroxylation is 1. The van der Waals surface area contributed by atoms with Crippen LogP contribution in [0.15, 0.2) is 42.5 Å². The van der Waals surface area contributed by atoms with Crippen molar-refractivity contribution >= 4 is 17.3 Å². The Hall–Kier alpha value is -2.49. The Bertz CT molecular complexity index is 609. The van der Waals surface area contributed by atoms with E-state index >= 15 is 0 Å². The summed E-state index contributed by atoms with van der Waals surface area (Å²) < 4.78 is 5.18. The molecule has 0 saturated heterocycles. The minimum absolute atomic E-state index is 0.220. The Balaban J connectivity index is 2.20. The lowest BCUT2D eigenvalue weighted by Gasteiger charge is -2.10. The Morgan fingerprint density at radius 1 is 1.21 bits per heavy atom. The fourth-order valence-corrected chi connectivity index (χ4v) is 1.86. The van der Waals surface area contributed by atoms with Crippen LogP contribution in [0.5, 0.6) is 5.75 Å². The number of nitrogens with one attached hydrogen (secondary N) is 1. The largest absolute Gasteiger partial charge is 0.496 e. The van der Waals surface area contributed by atoms with Gasteiger partial charge in [-0.25, -0.2) is 0 Å². The average Bonchev–Trinajstić information content (AvgIpc) is 2.39. The van der Waals surface area contributed by atoms with Gasteiger partial charge in [-0.3, -0.25) is 4.79 Å². The van der Waals surface area contributed by atoms with Crippen molar-refractivity contribution in [3.05, 3.63) is 53.6 Å². The van der Waals surface area contributed by atoms with Gasteiger partial charge in [-0.05, 0) is 42.8 Å². The number of benzene rings is 2. The summed E-state index contributed by atoms with van der Waals surface area (Å²) in [5, 5.41) is 2.82. The molecule has 0 atom stereocenters. The monoisotopic (exact) mass is 256 g/mol. The summed E-state index contributed by atoms with van der Waals surface area (Å²) in [5.74, 6) is 0.569. The minimum Gasteiger partial charge on any atom is -0.496 e. The molecular formula is C15H16N2O2. The molecule has 4 nitrogen and oxygen atoms in total. The molecule has 0 spiro atoms. The zero-order valence-electron chi connectivity index (χ0n) is 10.9. The van der Waals surface area contributed by atoms with Crippen LogP contribution >= 0.6 is 0 Å². The highest BCUT2D eigenvalue weighted by Crippen LogP contribution is 2.22. The summed E-state index contributed by atoms with van der Waals surface area (Å²) in [5.41, 5.74) is 8.38. The molecule has 0 fully saturated rings. The first-order valence-corrected chi connectivity index (χ1v) is 5.92. The Morgan fingerprint density at radius 3 is 2.58 bits per heavy atom. The maximum Gasteiger partial charge on any atom is 0.257 e. The van der Waals surface area contributed by atoms with Gasteiger partial charge in [0.15, 0.2) is 0 Å². The standard InChI is InChI=1S/C15H16N2O2/c1-10-9-11(7-8-14(10)19-2)17-15(18)12-5-3-4-6-13(12)16/h3-9H,16H2,1-2H3,(H,17,18). The molecule has 0 heterocycles. The number of hydrogen-bond donors (Lipinski definition) is 2. The molecule has 0 aliphatic heterocycles. The van der Waals surface area contributed by atoms with Gasteiger partial charge in [-0.1, -0.05) is 12.1 Å². The number of ether oxygens (including phenoxy) is 1. The third kappa shape index (κ3) is 2.85. The molecule has 2 aromatic rings. The van der Waals surface area contributed by atoms with E-state index in [2.05, 4.69) is 5.32 Å². The first-order chi connectivity index (χ1) is 9.11. The van der Waals surface area contributed by atoms with Crippen LogP contribution in [0.1, 0.15) is 15.9 Å². The Morgan fingerprint density at radius 2 is 1.95 bits per heavy atom. The lowest BCUT2D eigenvalue weighted by Crippen LogP contribution is -2.13. The molecule has 2 aromatic carbocycles. The van der Waals surface area contributed by atoms with Crippen molar-refractivity contribution in [1.82, 2.24) is 0 Å². The van der Waals surface area contributed by atoms with Crippen LogP contribution in [0, 0.1) is 6.92 Å². The van der Waals surface area contributed by atoms with E-state index in [0.717, 1.165) is 11.3 Å². The zero-order chi connectivity index (χ0) is 13.8. The maximum atomic E-state index is 12.1. The molecule has 0 aliphatic carbocycles. The van der Waals surface area contributed by atoms with E-state index in [9.17, 15) is 4.79 Å². The highest BCUT2D eigenvalue weighted by Gasteiger charge is 2.09. The number of anilines is 2. The number of nitrogen functional groups attached to an aromatic ring is 1. The Labute approximate surface area is 112 Å². The van der Waals surface area contributed by atoms with Crippen molar-refractivity contribution in [3.8, 4) is 5.75 Å². The predicted octanol–water partition coefficient (Wildman–Crippen LogP) is 2.84. The van der Waals surface area contributed by atoms with E-state index in [0.29, 0.717) is 16.9 Å². The summed E-state index contributed by atoms with van der Waals surface area (Å²) in [6.07, 6.45) is 0. The van der Waals surface area contributed by atoms with E-state index in [1.165, 1.54) is 0 Å². The second kappa shape index (κ2) is 5.44. The first-order valence-electron chi connectivity index (χ1n) is 5.92. The van der Waals surface area contributed by atoms with Gasteiger partial charge in [0.05, 0.1) is 12.7 Å². The number of amides is 1. The number of para-hydroxylation sites is 1. The van der Waals surface area contributed by atoms with Crippen LogP contribution in [0.25, 0.3) is 0 Å². The average molecular weight is 256 g/mol. The summed E-state index contributed by atoms with van der Waals surface area (Å²) >= 11 is 0. The number of rotatable bonds is 3. The second-order valence-corrected chi connectivity index (χ2v) is 4.23. The molecule has 0 unspecified atom stereocenters. The fraction of sp³-hybridized carbons (Fsp3) is 0.133. The van der Waals surface area contributed by atoms with Gasteiger partial charge in [0, 0.05) is 11.4 Å². The topological polar surface area (TPSA) is 64.3 Å². The van der Waals surface area contributed by atoms with Crippen molar-refractivity contribution in [2.75, 3.05) is 18.2 Å². The van der Waals surface area contributed by atoms with Crippen LogP contribution in [0.3, 0.4) is 0 Å². The third-order valence-electron chi connectivity index (χ3n) is 2.86. The van der Waals surface area contributed by atoms with Gasteiger partial charge in [0.2, 0.25) is 0 Å². The molecule has 4 heteroatoms. The lowest BCUT2D eigenvalue weighted by molar-refractivity contribution is 0.102. The maximum absolute atomic E-state index is 12.1. The van der Waals surface area contributed by atoms with Crippen LogP contribution in [-0.4, -0.2) is 13.0 Å². The van der Waals surface area contributed by atoms with Crippen molar-refractivity contribution in [1.29, 1.82) is 0 Å². The van der Waals surface area contributed by atoms with Crippen LogP contribution in [0.2, 0.25) is 0 Å². The number of nitrogens with two attached hydrogens (primary N) is 1. The van der Waals surface area contributed by atoms with E-state index < -0.39 is 0 Å². The van der Waals surface area contributed by atoms with Crippen LogP contribution < -0.4 is 15.8 Å². The van der Waals surface area contributed by atoms with Gasteiger partial charge in [-0.15, -0.1) is 0 Å². The molecule has 0 aromatic heterocycles. The number of carbonyl (C=O) groups excluding carboxylic acids is 1.